The van der Waals surface area contributed by atoms with E-state index in [1.165, 1.54) is 24.2 Å². The summed E-state index contributed by atoms with van der Waals surface area (Å²) in [5, 5.41) is 1.40. The average Bonchev–Trinajstić information content (AvgIpc) is 2.74. The van der Waals surface area contributed by atoms with Crippen molar-refractivity contribution in [1.82, 2.24) is 15.0 Å². The highest BCUT2D eigenvalue weighted by atomic mass is 35.5. The molecule has 0 atom stereocenters. The number of hydrogen-bond acceptors (Lipinski definition) is 7. The van der Waals surface area contributed by atoms with Crippen LogP contribution in [0.15, 0.2) is 33.3 Å². The SMILES string of the molecule is NNc1ncc(Cl)c(Sc2ncco2)n1. The van der Waals surface area contributed by atoms with E-state index in [1.54, 1.807) is 6.20 Å². The first-order valence-corrected chi connectivity index (χ1v) is 5.05. The minimum atomic E-state index is 0.286. The van der Waals surface area contributed by atoms with Crippen LogP contribution in [0.3, 0.4) is 0 Å². The molecule has 0 saturated carbocycles. The Morgan fingerprint density at radius 2 is 2.33 bits per heavy atom. The molecule has 3 N–H and O–H groups in total. The van der Waals surface area contributed by atoms with Gasteiger partial charge in [-0.25, -0.2) is 20.8 Å². The number of nitrogen functional groups attached to an aromatic ring is 1. The summed E-state index contributed by atoms with van der Waals surface area (Å²) in [6, 6.07) is 0. The van der Waals surface area contributed by atoms with E-state index in [9.17, 15) is 0 Å². The number of aromatic nitrogens is 3. The summed E-state index contributed by atoms with van der Waals surface area (Å²) < 4.78 is 5.05. The maximum absolute atomic E-state index is 5.89. The molecule has 0 unspecified atom stereocenters. The Kier molecular flexibility index (Phi) is 3.05. The van der Waals surface area contributed by atoms with E-state index in [4.69, 9.17) is 21.9 Å². The molecule has 8 heteroatoms. The largest absolute Gasteiger partial charge is 0.440 e. The topological polar surface area (TPSA) is 89.9 Å². The van der Waals surface area contributed by atoms with E-state index >= 15 is 0 Å². The van der Waals surface area contributed by atoms with Crippen molar-refractivity contribution in [3.05, 3.63) is 23.7 Å². The lowest BCUT2D eigenvalue weighted by atomic mass is 10.7. The Morgan fingerprint density at radius 3 is 3.00 bits per heavy atom. The van der Waals surface area contributed by atoms with Gasteiger partial charge < -0.3 is 4.42 Å². The van der Waals surface area contributed by atoms with Crippen LogP contribution >= 0.6 is 23.4 Å². The molecule has 2 aromatic heterocycles. The molecule has 0 radical (unpaired) electrons. The van der Waals surface area contributed by atoms with Crippen molar-refractivity contribution >= 4 is 29.3 Å². The average molecular weight is 244 g/mol. The number of hydrazine groups is 1. The Hall–Kier alpha value is -1.31. The Labute approximate surface area is 94.2 Å². The predicted molar refractivity (Wildman–Crippen MR) is 55.5 cm³/mol. The van der Waals surface area contributed by atoms with Crippen molar-refractivity contribution in [2.24, 2.45) is 5.84 Å². The number of halogens is 1. The zero-order chi connectivity index (χ0) is 10.7. The molecule has 0 amide bonds. The lowest BCUT2D eigenvalue weighted by molar-refractivity contribution is 0.454. The molecule has 0 aliphatic heterocycles. The van der Waals surface area contributed by atoms with Gasteiger partial charge in [0, 0.05) is 0 Å². The van der Waals surface area contributed by atoms with Crippen molar-refractivity contribution < 1.29 is 4.42 Å². The van der Waals surface area contributed by atoms with Crippen molar-refractivity contribution in [3.63, 3.8) is 0 Å². The lowest BCUT2D eigenvalue weighted by Crippen LogP contribution is -2.10. The molecule has 0 saturated heterocycles. The molecule has 0 spiro atoms. The minimum absolute atomic E-state index is 0.286. The van der Waals surface area contributed by atoms with E-state index in [2.05, 4.69) is 20.4 Å². The second-order valence-electron chi connectivity index (χ2n) is 2.39. The highest BCUT2D eigenvalue weighted by Gasteiger charge is 2.09. The van der Waals surface area contributed by atoms with Gasteiger partial charge in [0.15, 0.2) is 0 Å². The van der Waals surface area contributed by atoms with Crippen LogP contribution in [0, 0.1) is 0 Å². The van der Waals surface area contributed by atoms with Crippen molar-refractivity contribution in [3.8, 4) is 0 Å². The molecule has 6 nitrogen and oxygen atoms in total. The summed E-state index contributed by atoms with van der Waals surface area (Å²) in [6.07, 6.45) is 4.47. The second kappa shape index (κ2) is 4.47. The van der Waals surface area contributed by atoms with Gasteiger partial charge >= 0.3 is 0 Å². The lowest BCUT2D eigenvalue weighted by Gasteiger charge is -2.02. The molecule has 0 bridgehead atoms. The van der Waals surface area contributed by atoms with Crippen LogP contribution in [0.25, 0.3) is 0 Å². The van der Waals surface area contributed by atoms with E-state index in [-0.39, 0.29) is 5.95 Å². The summed E-state index contributed by atoms with van der Waals surface area (Å²) in [5.74, 6) is 5.46. The van der Waals surface area contributed by atoms with Crippen molar-refractivity contribution in [1.29, 1.82) is 0 Å². The Balaban J connectivity index is 2.27. The molecule has 2 aromatic rings. The molecule has 0 aliphatic rings. The van der Waals surface area contributed by atoms with Gasteiger partial charge in [-0.15, -0.1) is 0 Å². The monoisotopic (exact) mass is 243 g/mol. The minimum Gasteiger partial charge on any atom is -0.440 e. The van der Waals surface area contributed by atoms with Crippen LogP contribution < -0.4 is 11.3 Å². The Bertz CT molecular complexity index is 449. The fourth-order valence-corrected chi connectivity index (χ4v) is 1.71. The van der Waals surface area contributed by atoms with Crippen LogP contribution in [0.4, 0.5) is 5.95 Å². The van der Waals surface area contributed by atoms with Crippen LogP contribution in [0.5, 0.6) is 0 Å². The molecular formula is C7H6ClN5OS. The van der Waals surface area contributed by atoms with E-state index in [0.717, 1.165) is 0 Å². The molecular weight excluding hydrogens is 238 g/mol. The number of rotatable bonds is 3. The van der Waals surface area contributed by atoms with Gasteiger partial charge in [-0.1, -0.05) is 11.6 Å². The number of hydrogen-bond donors (Lipinski definition) is 2. The second-order valence-corrected chi connectivity index (χ2v) is 3.74. The maximum atomic E-state index is 5.89. The zero-order valence-electron chi connectivity index (χ0n) is 7.35. The van der Waals surface area contributed by atoms with Crippen molar-refractivity contribution in [2.75, 3.05) is 5.43 Å². The predicted octanol–water partition coefficient (Wildman–Crippen LogP) is 1.55. The van der Waals surface area contributed by atoms with Crippen LogP contribution in [-0.2, 0) is 0 Å². The van der Waals surface area contributed by atoms with Gasteiger partial charge in [0.2, 0.25) is 5.95 Å². The number of oxazole rings is 1. The summed E-state index contributed by atoms with van der Waals surface area (Å²) in [7, 11) is 0. The third-order valence-electron chi connectivity index (χ3n) is 1.43. The molecule has 2 heterocycles. The molecule has 2 rings (SSSR count). The highest BCUT2D eigenvalue weighted by Crippen LogP contribution is 2.30. The third-order valence-corrected chi connectivity index (χ3v) is 2.70. The first-order valence-electron chi connectivity index (χ1n) is 3.86. The highest BCUT2D eigenvalue weighted by molar-refractivity contribution is 7.99. The quantitative estimate of drug-likeness (QED) is 0.480. The molecule has 0 aromatic carbocycles. The summed E-state index contributed by atoms with van der Waals surface area (Å²) >= 11 is 7.08. The van der Waals surface area contributed by atoms with Gasteiger partial charge in [-0.05, 0) is 11.8 Å². The van der Waals surface area contributed by atoms with Gasteiger partial charge in [0.25, 0.3) is 5.22 Å². The molecule has 0 fully saturated rings. The molecule has 78 valence electrons. The maximum Gasteiger partial charge on any atom is 0.262 e. The molecule has 0 aliphatic carbocycles. The Morgan fingerprint density at radius 1 is 1.47 bits per heavy atom. The van der Waals surface area contributed by atoms with E-state index < -0.39 is 0 Å². The fourth-order valence-electron chi connectivity index (χ4n) is 0.836. The zero-order valence-corrected chi connectivity index (χ0v) is 8.92. The number of nitrogens with zero attached hydrogens (tertiary/aromatic N) is 3. The summed E-state index contributed by atoms with van der Waals surface area (Å²) in [4.78, 5) is 11.8. The van der Waals surface area contributed by atoms with Gasteiger partial charge in [-0.3, -0.25) is 5.43 Å². The van der Waals surface area contributed by atoms with E-state index in [0.29, 0.717) is 15.3 Å². The third kappa shape index (κ3) is 2.38. The first-order chi connectivity index (χ1) is 7.29. The smallest absolute Gasteiger partial charge is 0.262 e. The summed E-state index contributed by atoms with van der Waals surface area (Å²) in [6.45, 7) is 0. The van der Waals surface area contributed by atoms with Gasteiger partial charge in [-0.2, -0.15) is 0 Å². The van der Waals surface area contributed by atoms with Crippen LogP contribution in [0.2, 0.25) is 5.02 Å². The van der Waals surface area contributed by atoms with Crippen molar-refractivity contribution in [2.45, 2.75) is 10.2 Å². The molecule has 15 heavy (non-hydrogen) atoms. The van der Waals surface area contributed by atoms with E-state index in [1.807, 2.05) is 0 Å². The summed E-state index contributed by atoms with van der Waals surface area (Å²) in [5.41, 5.74) is 2.33. The number of nitrogens with two attached hydrogens (primary N) is 1. The fraction of sp³-hybridized carbons (Fsp3) is 0. The normalized spacial score (nSPS) is 10.3. The number of anilines is 1. The van der Waals surface area contributed by atoms with Crippen LogP contribution in [-0.4, -0.2) is 15.0 Å². The standard InChI is InChI=1S/C7H6ClN5OS/c8-4-3-11-6(13-9)12-5(4)15-7-10-1-2-14-7/h1-3H,9H2,(H,11,12,13). The van der Waals surface area contributed by atoms with Crippen LogP contribution in [0.1, 0.15) is 0 Å². The van der Waals surface area contributed by atoms with Gasteiger partial charge in [0.1, 0.15) is 11.3 Å². The number of nitrogens with one attached hydrogen (secondary N) is 1. The first kappa shape index (κ1) is 10.2. The van der Waals surface area contributed by atoms with Gasteiger partial charge in [0.05, 0.1) is 17.4 Å².